The molecular formula is C38H28F4N2. The summed E-state index contributed by atoms with van der Waals surface area (Å²) in [7, 11) is 0. The van der Waals surface area contributed by atoms with E-state index in [1.165, 1.54) is 24.3 Å². The smallest absolute Gasteiger partial charge is 0.128 e. The van der Waals surface area contributed by atoms with Gasteiger partial charge in [0.15, 0.2) is 0 Å². The van der Waals surface area contributed by atoms with Crippen molar-refractivity contribution < 1.29 is 17.6 Å². The third-order valence-electron chi connectivity index (χ3n) is 7.32. The van der Waals surface area contributed by atoms with Crippen molar-refractivity contribution in [3.8, 4) is 11.1 Å². The van der Waals surface area contributed by atoms with Crippen LogP contribution in [0.15, 0.2) is 133 Å². The molecule has 0 heterocycles. The largest absolute Gasteiger partial charge is 0.310 e. The summed E-state index contributed by atoms with van der Waals surface area (Å²) in [4.78, 5) is 3.62. The van der Waals surface area contributed by atoms with Crippen LogP contribution in [0.5, 0.6) is 0 Å². The molecule has 0 unspecified atom stereocenters. The summed E-state index contributed by atoms with van der Waals surface area (Å²) < 4.78 is 57.0. The van der Waals surface area contributed by atoms with Gasteiger partial charge in [0.1, 0.15) is 23.3 Å². The van der Waals surface area contributed by atoms with Crippen LogP contribution in [0, 0.1) is 37.1 Å². The first-order chi connectivity index (χ1) is 21.2. The molecule has 6 rings (SSSR count). The monoisotopic (exact) mass is 588 g/mol. The van der Waals surface area contributed by atoms with E-state index in [0.29, 0.717) is 11.4 Å². The van der Waals surface area contributed by atoms with Gasteiger partial charge in [0, 0.05) is 34.9 Å². The molecule has 2 nitrogen and oxygen atoms in total. The molecular weight excluding hydrogens is 560 g/mol. The third-order valence-corrected chi connectivity index (χ3v) is 7.32. The van der Waals surface area contributed by atoms with Gasteiger partial charge in [-0.2, -0.15) is 0 Å². The Morgan fingerprint density at radius 1 is 0.341 bits per heavy atom. The first-order valence-electron chi connectivity index (χ1n) is 14.1. The van der Waals surface area contributed by atoms with Gasteiger partial charge in [-0.1, -0.05) is 48.5 Å². The summed E-state index contributed by atoms with van der Waals surface area (Å²) in [5.74, 6) is -2.63. The van der Waals surface area contributed by atoms with Crippen LogP contribution in [0.3, 0.4) is 0 Å². The number of aryl methyl sites for hydroxylation is 2. The zero-order valence-corrected chi connectivity index (χ0v) is 24.1. The first kappa shape index (κ1) is 28.7. The molecule has 0 bridgehead atoms. The molecule has 0 N–H and O–H groups in total. The van der Waals surface area contributed by atoms with Crippen molar-refractivity contribution in [2.45, 2.75) is 13.8 Å². The minimum absolute atomic E-state index is 0.371. The van der Waals surface area contributed by atoms with Crippen molar-refractivity contribution >= 4 is 34.1 Å². The molecule has 0 atom stereocenters. The predicted molar refractivity (Wildman–Crippen MR) is 171 cm³/mol. The lowest BCUT2D eigenvalue weighted by Crippen LogP contribution is -2.11. The van der Waals surface area contributed by atoms with Crippen LogP contribution in [0.2, 0.25) is 0 Å². The van der Waals surface area contributed by atoms with Crippen LogP contribution in [-0.2, 0) is 0 Å². The van der Waals surface area contributed by atoms with Crippen LogP contribution in [-0.4, -0.2) is 0 Å². The van der Waals surface area contributed by atoms with Crippen molar-refractivity contribution in [2.75, 3.05) is 9.80 Å². The molecule has 0 aromatic heterocycles. The average Bonchev–Trinajstić information content (AvgIpc) is 2.97. The lowest BCUT2D eigenvalue weighted by atomic mass is 10.0. The summed E-state index contributed by atoms with van der Waals surface area (Å²) in [6, 6.07) is 37.8. The van der Waals surface area contributed by atoms with Gasteiger partial charge in [0.25, 0.3) is 0 Å². The predicted octanol–water partition coefficient (Wildman–Crippen LogP) is 11.5. The Morgan fingerprint density at radius 2 is 0.682 bits per heavy atom. The zero-order chi connectivity index (χ0) is 30.8. The Bertz CT molecular complexity index is 1750. The molecule has 0 aliphatic rings. The number of halogens is 4. The summed E-state index contributed by atoms with van der Waals surface area (Å²) >= 11 is 0. The summed E-state index contributed by atoms with van der Waals surface area (Å²) in [6.07, 6.45) is 0. The summed E-state index contributed by atoms with van der Waals surface area (Å²) in [5, 5.41) is 0. The van der Waals surface area contributed by atoms with Crippen molar-refractivity contribution in [3.63, 3.8) is 0 Å². The maximum atomic E-state index is 14.2. The van der Waals surface area contributed by atoms with E-state index in [2.05, 4.69) is 0 Å². The van der Waals surface area contributed by atoms with E-state index in [1.807, 2.05) is 121 Å². The Kier molecular flexibility index (Phi) is 7.90. The molecule has 0 fully saturated rings. The molecule has 218 valence electrons. The van der Waals surface area contributed by atoms with Crippen LogP contribution < -0.4 is 9.80 Å². The van der Waals surface area contributed by atoms with Crippen molar-refractivity contribution in [3.05, 3.63) is 168 Å². The average molecular weight is 589 g/mol. The number of hydrogen-bond donors (Lipinski definition) is 0. The molecule has 0 spiro atoms. The molecule has 0 saturated carbocycles. The van der Waals surface area contributed by atoms with E-state index >= 15 is 0 Å². The van der Waals surface area contributed by atoms with Crippen molar-refractivity contribution in [1.82, 2.24) is 0 Å². The van der Waals surface area contributed by atoms with Crippen LogP contribution in [0.1, 0.15) is 11.1 Å². The molecule has 6 heteroatoms. The highest BCUT2D eigenvalue weighted by atomic mass is 19.1. The lowest BCUT2D eigenvalue weighted by Gasteiger charge is -2.26. The minimum Gasteiger partial charge on any atom is -0.310 e. The molecule has 0 radical (unpaired) electrons. The Balaban J connectivity index is 1.35. The van der Waals surface area contributed by atoms with Gasteiger partial charge in [-0.05, 0) is 109 Å². The molecule has 6 aromatic rings. The Hall–Kier alpha value is -5.36. The second kappa shape index (κ2) is 12.1. The van der Waals surface area contributed by atoms with Gasteiger partial charge in [-0.3, -0.25) is 0 Å². The normalized spacial score (nSPS) is 11.0. The Morgan fingerprint density at radius 3 is 1.00 bits per heavy atom. The number of anilines is 6. The zero-order valence-electron chi connectivity index (χ0n) is 24.1. The number of benzene rings is 6. The van der Waals surface area contributed by atoms with Gasteiger partial charge in [0.05, 0.1) is 11.4 Å². The van der Waals surface area contributed by atoms with E-state index in [-0.39, 0.29) is 0 Å². The van der Waals surface area contributed by atoms with Gasteiger partial charge >= 0.3 is 0 Å². The Labute approximate surface area is 254 Å². The minimum atomic E-state index is -0.657. The third kappa shape index (κ3) is 6.20. The fraction of sp³-hybridized carbons (Fsp3) is 0.0526. The van der Waals surface area contributed by atoms with E-state index in [1.54, 1.807) is 0 Å². The number of hydrogen-bond acceptors (Lipinski definition) is 2. The fourth-order valence-electron chi connectivity index (χ4n) is 5.37. The first-order valence-corrected chi connectivity index (χ1v) is 14.1. The highest BCUT2D eigenvalue weighted by Gasteiger charge is 2.17. The van der Waals surface area contributed by atoms with Crippen molar-refractivity contribution in [2.24, 2.45) is 0 Å². The van der Waals surface area contributed by atoms with E-state index < -0.39 is 23.3 Å². The highest BCUT2D eigenvalue weighted by Crippen LogP contribution is 2.39. The maximum Gasteiger partial charge on any atom is 0.128 e. The molecule has 0 aliphatic carbocycles. The topological polar surface area (TPSA) is 6.48 Å². The quantitative estimate of drug-likeness (QED) is 0.171. The second-order valence-corrected chi connectivity index (χ2v) is 10.7. The van der Waals surface area contributed by atoms with E-state index in [0.717, 1.165) is 57.1 Å². The van der Waals surface area contributed by atoms with E-state index in [9.17, 15) is 17.6 Å². The summed E-state index contributed by atoms with van der Waals surface area (Å²) in [6.45, 7) is 3.93. The highest BCUT2D eigenvalue weighted by molar-refractivity contribution is 5.81. The van der Waals surface area contributed by atoms with Gasteiger partial charge in [-0.25, -0.2) is 17.6 Å². The fourth-order valence-corrected chi connectivity index (χ4v) is 5.37. The SMILES string of the molecule is Cc1cccc(N(c2ccc(-c3ccc(N(c4cccc(C)c4)c4cc(F)cc(F)c4)cc3)cc2)c2cc(F)cc(F)c2)c1. The molecule has 0 amide bonds. The molecule has 0 aliphatic heterocycles. The maximum absolute atomic E-state index is 14.2. The number of nitrogens with zero attached hydrogens (tertiary/aromatic N) is 2. The molecule has 6 aromatic carbocycles. The van der Waals surface area contributed by atoms with Crippen LogP contribution >= 0.6 is 0 Å². The van der Waals surface area contributed by atoms with Crippen LogP contribution in [0.4, 0.5) is 51.7 Å². The van der Waals surface area contributed by atoms with Gasteiger partial charge < -0.3 is 9.80 Å². The summed E-state index contributed by atoms with van der Waals surface area (Å²) in [5.41, 5.74) is 7.64. The van der Waals surface area contributed by atoms with Gasteiger partial charge in [-0.15, -0.1) is 0 Å². The number of rotatable bonds is 7. The molecule has 44 heavy (non-hydrogen) atoms. The second-order valence-electron chi connectivity index (χ2n) is 10.7. The van der Waals surface area contributed by atoms with Gasteiger partial charge in [0.2, 0.25) is 0 Å². The van der Waals surface area contributed by atoms with Crippen LogP contribution in [0.25, 0.3) is 11.1 Å². The standard InChI is InChI=1S/C38H28F4N2/c1-25-5-3-7-35(17-25)43(37-21-29(39)19-30(40)22-37)33-13-9-27(10-14-33)28-11-15-34(16-12-28)44(36-8-4-6-26(2)18-36)38-23-31(41)20-32(42)24-38/h3-24H,1-2H3. The van der Waals surface area contributed by atoms with E-state index in [4.69, 9.17) is 0 Å². The molecule has 0 saturated heterocycles. The lowest BCUT2D eigenvalue weighted by molar-refractivity contribution is 0.583. The van der Waals surface area contributed by atoms with Crippen molar-refractivity contribution in [1.29, 1.82) is 0 Å².